The Labute approximate surface area is 149 Å². The van der Waals surface area contributed by atoms with Gasteiger partial charge in [-0.2, -0.15) is 0 Å². The van der Waals surface area contributed by atoms with Crippen LogP contribution in [0, 0.1) is 5.92 Å². The Morgan fingerprint density at radius 3 is 2.52 bits per heavy atom. The number of likely N-dealkylation sites (N-methyl/N-ethyl adjacent to an activating group) is 1. The highest BCUT2D eigenvalue weighted by Gasteiger charge is 2.46. The molecule has 2 aliphatic rings. The number of hydrogen-bond acceptors (Lipinski definition) is 2. The molecule has 0 saturated carbocycles. The Morgan fingerprint density at radius 1 is 1.09 bits per heavy atom. The largest absolute Gasteiger partial charge is 0.508 e. The van der Waals surface area contributed by atoms with Crippen LogP contribution in [-0.4, -0.2) is 23.1 Å². The lowest BCUT2D eigenvalue weighted by Crippen LogP contribution is -2.50. The Hall–Kier alpha value is -1.74. The smallest absolute Gasteiger partial charge is 0.119 e. The van der Waals surface area contributed by atoms with Crippen LogP contribution in [0.5, 0.6) is 5.75 Å². The van der Waals surface area contributed by atoms with E-state index < -0.39 is 0 Å². The van der Waals surface area contributed by atoms with Crippen LogP contribution in [0.4, 0.5) is 0 Å². The van der Waals surface area contributed by atoms with Gasteiger partial charge in [0.2, 0.25) is 0 Å². The van der Waals surface area contributed by atoms with Crippen LogP contribution in [-0.2, 0) is 5.41 Å². The van der Waals surface area contributed by atoms with E-state index in [0.717, 1.165) is 12.0 Å². The molecule has 0 radical (unpaired) electrons. The van der Waals surface area contributed by atoms with Crippen molar-refractivity contribution < 1.29 is 5.11 Å². The molecule has 1 aliphatic heterocycles. The monoisotopic (exact) mass is 373 g/mol. The number of phenols is 1. The van der Waals surface area contributed by atoms with Gasteiger partial charge in [0.25, 0.3) is 0 Å². The van der Waals surface area contributed by atoms with Crippen molar-refractivity contribution in [2.24, 2.45) is 5.92 Å². The Balaban J connectivity index is 0.00000192. The fourth-order valence-electron chi connectivity index (χ4n) is 3.86. The van der Waals surface area contributed by atoms with Gasteiger partial charge in [-0.05, 0) is 30.7 Å². The number of nitrogens with zero attached hydrogens (tertiary/aromatic N) is 1. The maximum atomic E-state index is 10.5. The van der Waals surface area contributed by atoms with Crippen molar-refractivity contribution in [3.63, 3.8) is 0 Å². The van der Waals surface area contributed by atoms with Gasteiger partial charge < -0.3 is 10.0 Å². The molecule has 1 N–H and O–H groups in total. The number of allylic oxidation sites excluding steroid dienone is 5. The zero-order valence-corrected chi connectivity index (χ0v) is 15.3. The molecule has 1 aliphatic carbocycles. The molecule has 1 aromatic rings. The summed E-state index contributed by atoms with van der Waals surface area (Å²) in [5, 5.41) is 10.5. The Morgan fingerprint density at radius 2 is 1.83 bits per heavy atom. The van der Waals surface area contributed by atoms with Crippen molar-refractivity contribution in [2.75, 3.05) is 7.05 Å². The van der Waals surface area contributed by atoms with Gasteiger partial charge >= 0.3 is 0 Å². The number of halogens is 1. The average Bonchev–Trinajstić information content (AvgIpc) is 2.55. The molecule has 0 aromatic heterocycles. The highest BCUT2D eigenvalue weighted by atomic mass is 79.9. The number of para-hydroxylation sites is 1. The first-order chi connectivity index (χ1) is 10.7. The number of aromatic hydroxyl groups is 1. The second-order valence-electron chi connectivity index (χ2n) is 6.05. The van der Waals surface area contributed by atoms with E-state index >= 15 is 0 Å². The van der Waals surface area contributed by atoms with Gasteiger partial charge in [0.1, 0.15) is 5.75 Å². The molecule has 3 unspecified atom stereocenters. The molecular formula is C20H24BrNO. The summed E-state index contributed by atoms with van der Waals surface area (Å²) in [6.45, 7) is 2.21. The predicted molar refractivity (Wildman–Crippen MR) is 102 cm³/mol. The van der Waals surface area contributed by atoms with Crippen LogP contribution in [0.25, 0.3) is 0 Å². The lowest BCUT2D eigenvalue weighted by Gasteiger charge is -2.48. The molecule has 122 valence electrons. The number of benzene rings is 1. The summed E-state index contributed by atoms with van der Waals surface area (Å²) in [7, 11) is 2.10. The molecule has 2 nitrogen and oxygen atoms in total. The molecule has 0 saturated heterocycles. The van der Waals surface area contributed by atoms with Gasteiger partial charge in [0.15, 0.2) is 0 Å². The van der Waals surface area contributed by atoms with Crippen molar-refractivity contribution in [2.45, 2.75) is 24.8 Å². The van der Waals surface area contributed by atoms with E-state index in [2.05, 4.69) is 73.7 Å². The minimum absolute atomic E-state index is 0. The molecule has 3 atom stereocenters. The lowest BCUT2D eigenvalue weighted by atomic mass is 9.62. The second-order valence-corrected chi connectivity index (χ2v) is 6.05. The van der Waals surface area contributed by atoms with Gasteiger partial charge in [0.05, 0.1) is 6.04 Å². The van der Waals surface area contributed by atoms with E-state index in [9.17, 15) is 5.11 Å². The van der Waals surface area contributed by atoms with E-state index in [0.29, 0.717) is 11.7 Å². The molecule has 3 rings (SSSR count). The SMILES string of the molecule is Br.CCC1C=CC=CC1(c1ccccc1O)C1C=CC=CN1C. The minimum Gasteiger partial charge on any atom is -0.508 e. The van der Waals surface area contributed by atoms with Crippen LogP contribution >= 0.6 is 17.0 Å². The van der Waals surface area contributed by atoms with Crippen LogP contribution < -0.4 is 0 Å². The van der Waals surface area contributed by atoms with Crippen LogP contribution in [0.2, 0.25) is 0 Å². The fourth-order valence-corrected chi connectivity index (χ4v) is 3.86. The van der Waals surface area contributed by atoms with Crippen molar-refractivity contribution in [3.8, 4) is 5.75 Å². The molecule has 0 spiro atoms. The third kappa shape index (κ3) is 2.90. The number of rotatable bonds is 3. The lowest BCUT2D eigenvalue weighted by molar-refractivity contribution is 0.217. The maximum absolute atomic E-state index is 10.5. The van der Waals surface area contributed by atoms with Gasteiger partial charge in [-0.15, -0.1) is 17.0 Å². The van der Waals surface area contributed by atoms with E-state index in [1.807, 2.05) is 12.1 Å². The normalized spacial score (nSPS) is 28.7. The second kappa shape index (κ2) is 7.22. The maximum Gasteiger partial charge on any atom is 0.119 e. The molecule has 0 amide bonds. The molecule has 1 aromatic carbocycles. The first-order valence-electron chi connectivity index (χ1n) is 7.91. The van der Waals surface area contributed by atoms with Gasteiger partial charge in [-0.25, -0.2) is 0 Å². The van der Waals surface area contributed by atoms with Gasteiger partial charge in [0, 0.05) is 18.0 Å². The fraction of sp³-hybridized carbons (Fsp3) is 0.300. The van der Waals surface area contributed by atoms with E-state index in [-0.39, 0.29) is 28.4 Å². The molecule has 23 heavy (non-hydrogen) atoms. The van der Waals surface area contributed by atoms with Crippen molar-refractivity contribution in [1.29, 1.82) is 0 Å². The summed E-state index contributed by atoms with van der Waals surface area (Å²) in [5.41, 5.74) is 0.740. The number of hydrogen-bond donors (Lipinski definition) is 1. The summed E-state index contributed by atoms with van der Waals surface area (Å²) < 4.78 is 0. The summed E-state index contributed by atoms with van der Waals surface area (Å²) >= 11 is 0. The first kappa shape index (κ1) is 17.6. The average molecular weight is 374 g/mol. The van der Waals surface area contributed by atoms with Gasteiger partial charge in [-0.3, -0.25) is 0 Å². The summed E-state index contributed by atoms with van der Waals surface area (Å²) in [6, 6.07) is 7.92. The predicted octanol–water partition coefficient (Wildman–Crippen LogP) is 4.74. The zero-order valence-electron chi connectivity index (χ0n) is 13.6. The minimum atomic E-state index is -0.259. The third-order valence-corrected chi connectivity index (χ3v) is 4.90. The molecular weight excluding hydrogens is 350 g/mol. The summed E-state index contributed by atoms with van der Waals surface area (Å²) in [4.78, 5) is 2.23. The number of phenolic OH excluding ortho intramolecular Hbond substituents is 1. The Kier molecular flexibility index (Phi) is 5.53. The summed E-state index contributed by atoms with van der Waals surface area (Å²) in [5.74, 6) is 0.714. The van der Waals surface area contributed by atoms with Crippen LogP contribution in [0.3, 0.4) is 0 Å². The quantitative estimate of drug-likeness (QED) is 0.826. The molecule has 0 bridgehead atoms. The standard InChI is InChI=1S/C20H23NO.BrH/c1-3-16-10-6-8-14-20(16,17-11-4-5-12-18(17)22)19-13-7-9-15-21(19)2;/h4-16,19,22H,3H2,1-2H3;1H. The van der Waals surface area contributed by atoms with E-state index in [1.165, 1.54) is 0 Å². The highest BCUT2D eigenvalue weighted by molar-refractivity contribution is 8.93. The summed E-state index contributed by atoms with van der Waals surface area (Å²) in [6.07, 6.45) is 18.3. The molecule has 0 fully saturated rings. The van der Waals surface area contributed by atoms with Crippen LogP contribution in [0.15, 0.2) is 73.0 Å². The van der Waals surface area contributed by atoms with E-state index in [1.54, 1.807) is 6.07 Å². The van der Waals surface area contributed by atoms with Crippen LogP contribution in [0.1, 0.15) is 18.9 Å². The van der Waals surface area contributed by atoms with Gasteiger partial charge in [-0.1, -0.05) is 61.6 Å². The Bertz CT molecular complexity index is 661. The third-order valence-electron chi connectivity index (χ3n) is 4.90. The molecule has 3 heteroatoms. The van der Waals surface area contributed by atoms with E-state index in [4.69, 9.17) is 0 Å². The highest BCUT2D eigenvalue weighted by Crippen LogP contribution is 2.47. The van der Waals surface area contributed by atoms with Crippen molar-refractivity contribution in [1.82, 2.24) is 4.90 Å². The zero-order chi connectivity index (χ0) is 15.6. The van der Waals surface area contributed by atoms with Crippen molar-refractivity contribution in [3.05, 3.63) is 78.6 Å². The topological polar surface area (TPSA) is 23.5 Å². The molecule has 1 heterocycles. The van der Waals surface area contributed by atoms with Crippen molar-refractivity contribution >= 4 is 17.0 Å². The first-order valence-corrected chi connectivity index (χ1v) is 7.91.